The summed E-state index contributed by atoms with van der Waals surface area (Å²) in [5, 5.41) is 0. The fraction of sp³-hybridized carbons (Fsp3) is 0.938. The summed E-state index contributed by atoms with van der Waals surface area (Å²) in [4.78, 5) is 5.01. The Balaban J connectivity index is 0. The van der Waals surface area contributed by atoms with E-state index in [-0.39, 0.29) is 17.6 Å². The van der Waals surface area contributed by atoms with Gasteiger partial charge in [0.1, 0.15) is 0 Å². The second kappa shape index (κ2) is 14.9. The van der Waals surface area contributed by atoms with Crippen LogP contribution in [0.15, 0.2) is 0 Å². The molecule has 0 aliphatic carbocycles. The van der Waals surface area contributed by atoms with Crippen LogP contribution in [0.1, 0.15) is 53.4 Å². The zero-order valence-electron chi connectivity index (χ0n) is 13.2. The van der Waals surface area contributed by atoms with Crippen molar-refractivity contribution in [1.82, 2.24) is 9.80 Å². The van der Waals surface area contributed by atoms with Crippen LogP contribution < -0.4 is 0 Å². The first kappa shape index (κ1) is 21.8. The summed E-state index contributed by atoms with van der Waals surface area (Å²) in [6, 6.07) is 0. The Morgan fingerprint density at radius 3 is 1.32 bits per heavy atom. The number of rotatable bonds is 12. The second-order valence-corrected chi connectivity index (χ2v) is 5.20. The molecule has 117 valence electrons. The second-order valence-electron chi connectivity index (χ2n) is 5.20. The first-order valence-electron chi connectivity index (χ1n) is 7.95. The van der Waals surface area contributed by atoms with E-state index in [0.29, 0.717) is 5.92 Å². The van der Waals surface area contributed by atoms with Crippen molar-refractivity contribution in [2.24, 2.45) is 5.92 Å². The Kier molecular flexibility index (Phi) is 17.0. The summed E-state index contributed by atoms with van der Waals surface area (Å²) in [6.45, 7) is 20.5. The third-order valence-electron chi connectivity index (χ3n) is 3.96. The Morgan fingerprint density at radius 1 is 0.737 bits per heavy atom. The molecule has 0 N–H and O–H groups in total. The van der Waals surface area contributed by atoms with Crippen molar-refractivity contribution in [3.8, 4) is 0 Å². The van der Waals surface area contributed by atoms with Gasteiger partial charge < -0.3 is 9.80 Å². The third kappa shape index (κ3) is 12.0. The fourth-order valence-corrected chi connectivity index (χ4v) is 2.43. The van der Waals surface area contributed by atoms with Crippen LogP contribution in [0.2, 0.25) is 0 Å². The van der Waals surface area contributed by atoms with Crippen molar-refractivity contribution in [2.75, 3.05) is 39.3 Å². The summed E-state index contributed by atoms with van der Waals surface area (Å²) in [5.74, 6) is 0.649. The van der Waals surface area contributed by atoms with Crippen LogP contribution in [0.3, 0.4) is 0 Å². The first-order chi connectivity index (χ1) is 8.67. The molecular formula is C16H39GeN2. The molecule has 0 atom stereocenters. The van der Waals surface area contributed by atoms with Crippen LogP contribution in [0.4, 0.5) is 0 Å². The monoisotopic (exact) mass is 333 g/mol. The van der Waals surface area contributed by atoms with Gasteiger partial charge in [-0.25, -0.2) is 0 Å². The van der Waals surface area contributed by atoms with Gasteiger partial charge in [0.15, 0.2) is 0 Å². The van der Waals surface area contributed by atoms with Crippen LogP contribution in [-0.4, -0.2) is 66.7 Å². The van der Waals surface area contributed by atoms with Crippen molar-refractivity contribution >= 4 is 17.6 Å². The molecule has 0 fully saturated rings. The van der Waals surface area contributed by atoms with Crippen LogP contribution in [0.5, 0.6) is 0 Å². The van der Waals surface area contributed by atoms with Gasteiger partial charge in [0.2, 0.25) is 0 Å². The Bertz CT molecular complexity index is 150. The molecule has 0 aromatic rings. The van der Waals surface area contributed by atoms with E-state index < -0.39 is 0 Å². The van der Waals surface area contributed by atoms with Crippen LogP contribution in [-0.2, 0) is 0 Å². The molecular weight excluding hydrogens is 293 g/mol. The van der Waals surface area contributed by atoms with Crippen molar-refractivity contribution in [3.05, 3.63) is 6.92 Å². The number of hydrogen-bond acceptors (Lipinski definition) is 2. The summed E-state index contributed by atoms with van der Waals surface area (Å²) < 4.78 is 0. The average Bonchev–Trinajstić information content (AvgIpc) is 2.40. The Labute approximate surface area is 133 Å². The van der Waals surface area contributed by atoms with Crippen molar-refractivity contribution in [3.63, 3.8) is 0 Å². The maximum atomic E-state index is 4.30. The summed E-state index contributed by atoms with van der Waals surface area (Å²) in [5.41, 5.74) is 0. The molecule has 0 aliphatic heterocycles. The minimum atomic E-state index is 0. The van der Waals surface area contributed by atoms with E-state index >= 15 is 0 Å². The van der Waals surface area contributed by atoms with E-state index in [1.54, 1.807) is 0 Å². The molecule has 0 aromatic heterocycles. The normalized spacial score (nSPS) is 11.4. The molecule has 0 spiro atoms. The van der Waals surface area contributed by atoms with Crippen molar-refractivity contribution in [1.29, 1.82) is 0 Å². The molecule has 0 amide bonds. The molecule has 0 saturated carbocycles. The number of hydrogen-bond donors (Lipinski definition) is 0. The van der Waals surface area contributed by atoms with Gasteiger partial charge in [-0.05, 0) is 70.9 Å². The first-order valence-corrected chi connectivity index (χ1v) is 7.95. The van der Waals surface area contributed by atoms with E-state index in [2.05, 4.69) is 44.4 Å². The van der Waals surface area contributed by atoms with Crippen LogP contribution in [0.25, 0.3) is 0 Å². The Hall–Kier alpha value is 0.463. The standard InChI is InChI=1S/C16H35N2.GeH4/c1-6-17(7-2)14-10-12-16(5)13-11-15-18(8-3)9-4;/h16H,5-15H2,1-4H3;1H4. The molecule has 19 heavy (non-hydrogen) atoms. The van der Waals surface area contributed by atoms with E-state index in [1.165, 1.54) is 65.0 Å². The van der Waals surface area contributed by atoms with Crippen molar-refractivity contribution < 1.29 is 0 Å². The molecule has 0 unspecified atom stereocenters. The van der Waals surface area contributed by atoms with Gasteiger partial charge in [-0.3, -0.25) is 0 Å². The van der Waals surface area contributed by atoms with Gasteiger partial charge in [-0.15, -0.1) is 0 Å². The zero-order chi connectivity index (χ0) is 13.8. The maximum absolute atomic E-state index is 4.30. The molecule has 0 bridgehead atoms. The van der Waals surface area contributed by atoms with Gasteiger partial charge >= 0.3 is 17.6 Å². The number of nitrogens with zero attached hydrogens (tertiary/aromatic N) is 2. The molecule has 0 saturated heterocycles. The summed E-state index contributed by atoms with van der Waals surface area (Å²) >= 11 is 0. The summed E-state index contributed by atoms with van der Waals surface area (Å²) in [6.07, 6.45) is 5.19. The molecule has 0 rings (SSSR count). The summed E-state index contributed by atoms with van der Waals surface area (Å²) in [7, 11) is 0. The topological polar surface area (TPSA) is 6.48 Å². The van der Waals surface area contributed by atoms with Gasteiger partial charge in [0.05, 0.1) is 0 Å². The van der Waals surface area contributed by atoms with E-state index in [9.17, 15) is 0 Å². The Morgan fingerprint density at radius 2 is 1.05 bits per heavy atom. The van der Waals surface area contributed by atoms with E-state index in [0.717, 1.165) is 0 Å². The molecule has 2 nitrogen and oxygen atoms in total. The molecule has 0 aromatic carbocycles. The van der Waals surface area contributed by atoms with Gasteiger partial charge in [-0.1, -0.05) is 34.6 Å². The van der Waals surface area contributed by atoms with Gasteiger partial charge in [0.25, 0.3) is 0 Å². The fourth-order valence-electron chi connectivity index (χ4n) is 2.43. The molecule has 1 radical (unpaired) electrons. The minimum absolute atomic E-state index is 0. The SMILES string of the molecule is [CH2]C(CCCN(CC)CC)CCCN(CC)CC.[GeH4]. The average molecular weight is 332 g/mol. The predicted molar refractivity (Wildman–Crippen MR) is 94.2 cm³/mol. The van der Waals surface area contributed by atoms with Gasteiger partial charge in [0, 0.05) is 0 Å². The molecule has 0 heterocycles. The third-order valence-corrected chi connectivity index (χ3v) is 3.96. The van der Waals surface area contributed by atoms with Crippen LogP contribution >= 0.6 is 0 Å². The van der Waals surface area contributed by atoms with E-state index in [4.69, 9.17) is 0 Å². The molecule has 0 aliphatic rings. The van der Waals surface area contributed by atoms with Crippen molar-refractivity contribution in [2.45, 2.75) is 53.4 Å². The zero-order valence-corrected chi connectivity index (χ0v) is 13.2. The molecule has 3 heteroatoms. The predicted octanol–water partition coefficient (Wildman–Crippen LogP) is 2.23. The van der Waals surface area contributed by atoms with Crippen LogP contribution in [0, 0.1) is 12.8 Å². The quantitative estimate of drug-likeness (QED) is 0.506. The van der Waals surface area contributed by atoms with Gasteiger partial charge in [-0.2, -0.15) is 0 Å². The van der Waals surface area contributed by atoms with E-state index in [1.807, 2.05) is 0 Å².